The maximum Gasteiger partial charge on any atom is 0.133 e. The molecule has 0 saturated carbocycles. The normalized spacial score (nSPS) is 12.5. The Morgan fingerprint density at radius 1 is 1.27 bits per heavy atom. The van der Waals surface area contributed by atoms with Gasteiger partial charge in [-0.15, -0.1) is 0 Å². The molecular formula is C17H20N4O. The molecule has 5 nitrogen and oxygen atoms in total. The summed E-state index contributed by atoms with van der Waals surface area (Å²) >= 11 is 0. The minimum atomic E-state index is 0.162. The maximum absolute atomic E-state index is 5.12. The highest BCUT2D eigenvalue weighted by molar-refractivity contribution is 5.24. The van der Waals surface area contributed by atoms with Crippen molar-refractivity contribution in [1.29, 1.82) is 0 Å². The average molecular weight is 296 g/mol. The molecule has 3 rings (SSSR count). The lowest BCUT2D eigenvalue weighted by molar-refractivity contribution is 0.380. The maximum atomic E-state index is 5.12. The van der Waals surface area contributed by atoms with Gasteiger partial charge in [-0.1, -0.05) is 29.4 Å². The lowest BCUT2D eigenvalue weighted by Crippen LogP contribution is -2.18. The van der Waals surface area contributed by atoms with Gasteiger partial charge in [-0.25, -0.2) is 4.98 Å². The third-order valence-electron chi connectivity index (χ3n) is 3.62. The lowest BCUT2D eigenvalue weighted by atomic mass is 10.1. The fourth-order valence-electron chi connectivity index (χ4n) is 2.39. The first-order valence-corrected chi connectivity index (χ1v) is 7.41. The number of nitrogens with zero attached hydrogens (tertiary/aromatic N) is 3. The number of hydrogen-bond donors (Lipinski definition) is 1. The standard InChI is InChI=1S/C17H20N4O/c1-13-8-17(20-22-13)14(2)19-10-15-4-3-5-16(9-15)11-21-7-6-18-12-21/h3-9,12,14,19H,10-11H2,1-2H3. The minimum absolute atomic E-state index is 0.162. The summed E-state index contributed by atoms with van der Waals surface area (Å²) in [5, 5.41) is 7.52. The van der Waals surface area contributed by atoms with Crippen LogP contribution in [-0.2, 0) is 13.1 Å². The topological polar surface area (TPSA) is 55.9 Å². The van der Waals surface area contributed by atoms with Crippen LogP contribution in [0.4, 0.5) is 0 Å². The molecule has 22 heavy (non-hydrogen) atoms. The van der Waals surface area contributed by atoms with E-state index in [1.54, 1.807) is 6.20 Å². The van der Waals surface area contributed by atoms with E-state index in [0.717, 1.165) is 24.5 Å². The molecule has 3 aromatic rings. The second-order valence-corrected chi connectivity index (χ2v) is 5.52. The molecule has 1 N–H and O–H groups in total. The first-order chi connectivity index (χ1) is 10.7. The molecular weight excluding hydrogens is 276 g/mol. The van der Waals surface area contributed by atoms with Crippen molar-refractivity contribution in [3.63, 3.8) is 0 Å². The van der Waals surface area contributed by atoms with Gasteiger partial charge in [0.05, 0.1) is 12.4 Å². The van der Waals surface area contributed by atoms with Crippen LogP contribution in [0.25, 0.3) is 0 Å². The fourth-order valence-corrected chi connectivity index (χ4v) is 2.39. The molecule has 0 radical (unpaired) electrons. The Hall–Kier alpha value is -2.40. The van der Waals surface area contributed by atoms with Crippen molar-refractivity contribution in [2.24, 2.45) is 0 Å². The Bertz CT molecular complexity index is 718. The number of hydrogen-bond acceptors (Lipinski definition) is 4. The summed E-state index contributed by atoms with van der Waals surface area (Å²) in [5.74, 6) is 0.839. The molecule has 1 atom stereocenters. The van der Waals surface area contributed by atoms with E-state index in [1.807, 2.05) is 25.5 Å². The molecule has 1 aromatic carbocycles. The average Bonchev–Trinajstić information content (AvgIpc) is 3.17. The zero-order valence-corrected chi connectivity index (χ0v) is 12.9. The smallest absolute Gasteiger partial charge is 0.133 e. The monoisotopic (exact) mass is 296 g/mol. The summed E-state index contributed by atoms with van der Waals surface area (Å²) in [6.45, 7) is 5.63. The third-order valence-corrected chi connectivity index (χ3v) is 3.62. The van der Waals surface area contributed by atoms with E-state index in [1.165, 1.54) is 11.1 Å². The zero-order valence-electron chi connectivity index (χ0n) is 12.9. The van der Waals surface area contributed by atoms with Gasteiger partial charge in [-0.05, 0) is 25.0 Å². The Labute approximate surface area is 130 Å². The SMILES string of the molecule is Cc1cc(C(C)NCc2cccc(Cn3ccnc3)c2)no1. The van der Waals surface area contributed by atoms with E-state index in [0.29, 0.717) is 0 Å². The second-order valence-electron chi connectivity index (χ2n) is 5.52. The van der Waals surface area contributed by atoms with Crippen LogP contribution in [0, 0.1) is 6.92 Å². The molecule has 0 spiro atoms. The predicted octanol–water partition coefficient (Wildman–Crippen LogP) is 3.08. The number of aromatic nitrogens is 3. The van der Waals surface area contributed by atoms with Gasteiger partial charge in [-0.2, -0.15) is 0 Å². The predicted molar refractivity (Wildman–Crippen MR) is 84.3 cm³/mol. The molecule has 0 fully saturated rings. The van der Waals surface area contributed by atoms with Crippen LogP contribution >= 0.6 is 0 Å². The van der Waals surface area contributed by atoms with Crippen LogP contribution < -0.4 is 5.32 Å². The van der Waals surface area contributed by atoms with E-state index in [9.17, 15) is 0 Å². The molecule has 2 aromatic heterocycles. The van der Waals surface area contributed by atoms with E-state index in [4.69, 9.17) is 4.52 Å². The first kappa shape index (κ1) is 14.5. The molecule has 0 aliphatic heterocycles. The molecule has 2 heterocycles. The van der Waals surface area contributed by atoms with E-state index < -0.39 is 0 Å². The molecule has 0 saturated heterocycles. The summed E-state index contributed by atoms with van der Waals surface area (Å²) in [6.07, 6.45) is 5.60. The molecule has 5 heteroatoms. The van der Waals surface area contributed by atoms with Crippen molar-refractivity contribution in [1.82, 2.24) is 20.0 Å². The quantitative estimate of drug-likeness (QED) is 0.759. The van der Waals surface area contributed by atoms with Crippen molar-refractivity contribution < 1.29 is 4.52 Å². The Balaban J connectivity index is 1.60. The molecule has 0 aliphatic carbocycles. The molecule has 114 valence electrons. The van der Waals surface area contributed by atoms with Crippen molar-refractivity contribution in [3.05, 3.63) is 71.6 Å². The Morgan fingerprint density at radius 2 is 2.14 bits per heavy atom. The summed E-state index contributed by atoms with van der Waals surface area (Å²) in [4.78, 5) is 4.07. The Morgan fingerprint density at radius 3 is 2.86 bits per heavy atom. The third kappa shape index (κ3) is 3.62. The van der Waals surface area contributed by atoms with Crippen LogP contribution in [0.1, 0.15) is 35.5 Å². The lowest BCUT2D eigenvalue weighted by Gasteiger charge is -2.12. The van der Waals surface area contributed by atoms with Crippen molar-refractivity contribution in [3.8, 4) is 0 Å². The van der Waals surface area contributed by atoms with Crippen molar-refractivity contribution in [2.75, 3.05) is 0 Å². The van der Waals surface area contributed by atoms with E-state index in [2.05, 4.69) is 51.2 Å². The van der Waals surface area contributed by atoms with Crippen LogP contribution in [-0.4, -0.2) is 14.7 Å². The van der Waals surface area contributed by atoms with Crippen LogP contribution in [0.15, 0.2) is 53.6 Å². The van der Waals surface area contributed by atoms with Gasteiger partial charge in [0.15, 0.2) is 0 Å². The van der Waals surface area contributed by atoms with Gasteiger partial charge in [-0.3, -0.25) is 0 Å². The molecule has 0 bridgehead atoms. The van der Waals surface area contributed by atoms with Gasteiger partial charge < -0.3 is 14.4 Å². The van der Waals surface area contributed by atoms with Gasteiger partial charge in [0.2, 0.25) is 0 Å². The summed E-state index contributed by atoms with van der Waals surface area (Å²) < 4.78 is 7.18. The number of benzene rings is 1. The van der Waals surface area contributed by atoms with E-state index >= 15 is 0 Å². The van der Waals surface area contributed by atoms with Crippen molar-refractivity contribution >= 4 is 0 Å². The van der Waals surface area contributed by atoms with Crippen LogP contribution in [0.5, 0.6) is 0 Å². The Kier molecular flexibility index (Phi) is 4.34. The summed E-state index contributed by atoms with van der Waals surface area (Å²) in [5.41, 5.74) is 3.46. The summed E-state index contributed by atoms with van der Waals surface area (Å²) in [6, 6.07) is 10.7. The number of rotatable bonds is 6. The molecule has 1 unspecified atom stereocenters. The van der Waals surface area contributed by atoms with Crippen LogP contribution in [0.2, 0.25) is 0 Å². The highest BCUT2D eigenvalue weighted by Crippen LogP contribution is 2.13. The van der Waals surface area contributed by atoms with Gasteiger partial charge >= 0.3 is 0 Å². The van der Waals surface area contributed by atoms with Crippen LogP contribution in [0.3, 0.4) is 0 Å². The number of aryl methyl sites for hydroxylation is 1. The second kappa shape index (κ2) is 6.58. The number of imidazole rings is 1. The fraction of sp³-hybridized carbons (Fsp3) is 0.294. The number of nitrogens with one attached hydrogen (secondary N) is 1. The van der Waals surface area contributed by atoms with Gasteiger partial charge in [0.25, 0.3) is 0 Å². The zero-order chi connectivity index (χ0) is 15.4. The summed E-state index contributed by atoms with van der Waals surface area (Å²) in [7, 11) is 0. The molecule has 0 amide bonds. The highest BCUT2D eigenvalue weighted by atomic mass is 16.5. The van der Waals surface area contributed by atoms with E-state index in [-0.39, 0.29) is 6.04 Å². The van der Waals surface area contributed by atoms with Gasteiger partial charge in [0.1, 0.15) is 11.5 Å². The first-order valence-electron chi connectivity index (χ1n) is 7.41. The molecule has 0 aliphatic rings. The van der Waals surface area contributed by atoms with Gasteiger partial charge in [0, 0.05) is 31.5 Å². The van der Waals surface area contributed by atoms with Crippen molar-refractivity contribution in [2.45, 2.75) is 33.0 Å². The highest BCUT2D eigenvalue weighted by Gasteiger charge is 2.09. The largest absolute Gasteiger partial charge is 0.361 e. The minimum Gasteiger partial charge on any atom is -0.361 e.